The number of carbonyl (C=O) groups is 1. The molecule has 0 radical (unpaired) electrons. The van der Waals surface area contributed by atoms with Crippen molar-refractivity contribution in [2.75, 3.05) is 26.3 Å². The minimum atomic E-state index is 0.0945. The summed E-state index contributed by atoms with van der Waals surface area (Å²) in [7, 11) is 0. The Bertz CT molecular complexity index is 263. The Hall–Kier alpha value is -0.610. The van der Waals surface area contributed by atoms with Crippen molar-refractivity contribution < 1.29 is 9.53 Å². The van der Waals surface area contributed by atoms with Gasteiger partial charge in [-0.2, -0.15) is 0 Å². The van der Waals surface area contributed by atoms with E-state index in [-0.39, 0.29) is 6.04 Å². The molecular formula is C14H26N2O2. The standard InChI is InChI=1S/C14H26N2O2/c15-10-13-11-18-8-7-16(13)14(17)9-12-5-3-1-2-4-6-12/h12-13H,1-11,15H2. The van der Waals surface area contributed by atoms with Crippen LogP contribution in [0.3, 0.4) is 0 Å². The number of nitrogens with zero attached hydrogens (tertiary/aromatic N) is 1. The zero-order valence-corrected chi connectivity index (χ0v) is 11.3. The molecular weight excluding hydrogens is 228 g/mol. The van der Waals surface area contributed by atoms with Crippen molar-refractivity contribution in [3.8, 4) is 0 Å². The summed E-state index contributed by atoms with van der Waals surface area (Å²) in [6.07, 6.45) is 8.44. The molecule has 4 heteroatoms. The summed E-state index contributed by atoms with van der Waals surface area (Å²) < 4.78 is 5.39. The van der Waals surface area contributed by atoms with Crippen LogP contribution < -0.4 is 5.73 Å². The number of nitrogens with two attached hydrogens (primary N) is 1. The number of carbonyl (C=O) groups excluding carboxylic acids is 1. The fraction of sp³-hybridized carbons (Fsp3) is 0.929. The van der Waals surface area contributed by atoms with Gasteiger partial charge in [-0.15, -0.1) is 0 Å². The molecule has 2 rings (SSSR count). The molecule has 2 aliphatic rings. The maximum Gasteiger partial charge on any atom is 0.223 e. The number of rotatable bonds is 3. The lowest BCUT2D eigenvalue weighted by atomic mass is 9.95. The Morgan fingerprint density at radius 1 is 1.22 bits per heavy atom. The van der Waals surface area contributed by atoms with E-state index in [1.165, 1.54) is 38.5 Å². The van der Waals surface area contributed by atoms with E-state index in [2.05, 4.69) is 0 Å². The van der Waals surface area contributed by atoms with Crippen molar-refractivity contribution in [1.82, 2.24) is 4.90 Å². The summed E-state index contributed by atoms with van der Waals surface area (Å²) in [4.78, 5) is 14.3. The van der Waals surface area contributed by atoms with Crippen LogP contribution in [0, 0.1) is 5.92 Å². The molecule has 0 aromatic heterocycles. The highest BCUT2D eigenvalue weighted by Gasteiger charge is 2.27. The van der Waals surface area contributed by atoms with Crippen LogP contribution in [-0.2, 0) is 9.53 Å². The smallest absolute Gasteiger partial charge is 0.223 e. The topological polar surface area (TPSA) is 55.6 Å². The summed E-state index contributed by atoms with van der Waals surface area (Å²) in [5, 5.41) is 0. The van der Waals surface area contributed by atoms with Crippen molar-refractivity contribution in [3.05, 3.63) is 0 Å². The van der Waals surface area contributed by atoms with Crippen LogP contribution >= 0.6 is 0 Å². The molecule has 1 amide bonds. The third kappa shape index (κ3) is 3.69. The van der Waals surface area contributed by atoms with Crippen LogP contribution in [-0.4, -0.2) is 43.2 Å². The van der Waals surface area contributed by atoms with Gasteiger partial charge >= 0.3 is 0 Å². The van der Waals surface area contributed by atoms with E-state index in [4.69, 9.17) is 10.5 Å². The van der Waals surface area contributed by atoms with Gasteiger partial charge in [0.1, 0.15) is 0 Å². The SMILES string of the molecule is NCC1COCCN1C(=O)CC1CCCCCC1. The highest BCUT2D eigenvalue weighted by atomic mass is 16.5. The van der Waals surface area contributed by atoms with Crippen molar-refractivity contribution in [1.29, 1.82) is 0 Å². The van der Waals surface area contributed by atoms with Gasteiger partial charge in [0.25, 0.3) is 0 Å². The molecule has 18 heavy (non-hydrogen) atoms. The average Bonchev–Trinajstić information content (AvgIpc) is 2.67. The molecule has 2 N–H and O–H groups in total. The fourth-order valence-electron chi connectivity index (χ4n) is 3.11. The molecule has 2 fully saturated rings. The van der Waals surface area contributed by atoms with E-state index in [1.807, 2.05) is 4.90 Å². The Labute approximate surface area is 110 Å². The lowest BCUT2D eigenvalue weighted by molar-refractivity contribution is -0.140. The maximum atomic E-state index is 12.4. The molecule has 1 saturated carbocycles. The quantitative estimate of drug-likeness (QED) is 0.777. The third-order valence-electron chi connectivity index (χ3n) is 4.26. The summed E-state index contributed by atoms with van der Waals surface area (Å²) in [6, 6.07) is 0.0945. The first-order valence-electron chi connectivity index (χ1n) is 7.38. The fourth-order valence-corrected chi connectivity index (χ4v) is 3.11. The third-order valence-corrected chi connectivity index (χ3v) is 4.26. The van der Waals surface area contributed by atoms with Crippen molar-refractivity contribution in [2.24, 2.45) is 11.7 Å². The molecule has 0 spiro atoms. The molecule has 1 aliphatic heterocycles. The van der Waals surface area contributed by atoms with Crippen LogP contribution in [0.5, 0.6) is 0 Å². The van der Waals surface area contributed by atoms with E-state index >= 15 is 0 Å². The number of hydrogen-bond acceptors (Lipinski definition) is 3. The van der Waals surface area contributed by atoms with Gasteiger partial charge in [-0.25, -0.2) is 0 Å². The Kier molecular flexibility index (Phi) is 5.45. The second-order valence-electron chi connectivity index (χ2n) is 5.61. The Morgan fingerprint density at radius 2 is 1.94 bits per heavy atom. The predicted octanol–water partition coefficient (Wildman–Crippen LogP) is 1.53. The molecule has 104 valence electrons. The van der Waals surface area contributed by atoms with Crippen LogP contribution in [0.15, 0.2) is 0 Å². The number of ether oxygens (including phenoxy) is 1. The van der Waals surface area contributed by atoms with Gasteiger partial charge in [-0.3, -0.25) is 4.79 Å². The van der Waals surface area contributed by atoms with Gasteiger partial charge < -0.3 is 15.4 Å². The molecule has 1 aliphatic carbocycles. The average molecular weight is 254 g/mol. The zero-order valence-electron chi connectivity index (χ0n) is 11.3. The van der Waals surface area contributed by atoms with Gasteiger partial charge in [0.15, 0.2) is 0 Å². The van der Waals surface area contributed by atoms with Crippen LogP contribution in [0.25, 0.3) is 0 Å². The number of hydrogen-bond donors (Lipinski definition) is 1. The second-order valence-corrected chi connectivity index (χ2v) is 5.61. The highest BCUT2D eigenvalue weighted by Crippen LogP contribution is 2.26. The van der Waals surface area contributed by atoms with Crippen LogP contribution in [0.2, 0.25) is 0 Å². The number of morpholine rings is 1. The van der Waals surface area contributed by atoms with Crippen molar-refractivity contribution in [3.63, 3.8) is 0 Å². The van der Waals surface area contributed by atoms with E-state index in [1.54, 1.807) is 0 Å². The molecule has 1 saturated heterocycles. The van der Waals surface area contributed by atoms with Crippen molar-refractivity contribution in [2.45, 2.75) is 51.0 Å². The van der Waals surface area contributed by atoms with E-state index < -0.39 is 0 Å². The molecule has 4 nitrogen and oxygen atoms in total. The number of amides is 1. The lowest BCUT2D eigenvalue weighted by Crippen LogP contribution is -2.52. The summed E-state index contributed by atoms with van der Waals surface area (Å²) in [5.41, 5.74) is 5.72. The molecule has 1 heterocycles. The van der Waals surface area contributed by atoms with Crippen molar-refractivity contribution >= 4 is 5.91 Å². The van der Waals surface area contributed by atoms with Gasteiger partial charge in [-0.1, -0.05) is 25.7 Å². The monoisotopic (exact) mass is 254 g/mol. The molecule has 1 unspecified atom stereocenters. The van der Waals surface area contributed by atoms with Gasteiger partial charge in [0, 0.05) is 19.5 Å². The molecule has 0 aromatic rings. The second kappa shape index (κ2) is 7.10. The first kappa shape index (κ1) is 13.8. The first-order valence-corrected chi connectivity index (χ1v) is 7.38. The summed E-state index contributed by atoms with van der Waals surface area (Å²) in [5.74, 6) is 0.891. The predicted molar refractivity (Wildman–Crippen MR) is 71.2 cm³/mol. The minimum absolute atomic E-state index is 0.0945. The van der Waals surface area contributed by atoms with Gasteiger partial charge in [0.2, 0.25) is 5.91 Å². The zero-order chi connectivity index (χ0) is 12.8. The van der Waals surface area contributed by atoms with Crippen LogP contribution in [0.1, 0.15) is 44.9 Å². The van der Waals surface area contributed by atoms with E-state index in [0.29, 0.717) is 38.1 Å². The largest absolute Gasteiger partial charge is 0.377 e. The maximum absolute atomic E-state index is 12.4. The van der Waals surface area contributed by atoms with Gasteiger partial charge in [0.05, 0.1) is 19.3 Å². The summed E-state index contributed by atoms with van der Waals surface area (Å²) >= 11 is 0. The van der Waals surface area contributed by atoms with E-state index in [9.17, 15) is 4.79 Å². The van der Waals surface area contributed by atoms with E-state index in [0.717, 1.165) is 6.42 Å². The molecule has 1 atom stereocenters. The minimum Gasteiger partial charge on any atom is -0.377 e. The normalized spacial score (nSPS) is 26.9. The highest BCUT2D eigenvalue weighted by molar-refractivity contribution is 5.77. The molecule has 0 aromatic carbocycles. The van der Waals surface area contributed by atoms with Gasteiger partial charge in [-0.05, 0) is 18.8 Å². The molecule has 0 bridgehead atoms. The first-order chi connectivity index (χ1) is 8.81. The Morgan fingerprint density at radius 3 is 2.61 bits per heavy atom. The Balaban J connectivity index is 1.85. The lowest BCUT2D eigenvalue weighted by Gasteiger charge is -2.35. The van der Waals surface area contributed by atoms with Crippen LogP contribution in [0.4, 0.5) is 0 Å². The summed E-state index contributed by atoms with van der Waals surface area (Å²) in [6.45, 7) is 2.49.